The Labute approximate surface area is 125 Å². The highest BCUT2D eigenvalue weighted by molar-refractivity contribution is 6.32. The molecule has 4 heterocycles. The molecule has 3 aliphatic rings. The van der Waals surface area contributed by atoms with Gasteiger partial charge in [-0.15, -0.1) is 0 Å². The second-order valence-corrected chi connectivity index (χ2v) is 5.83. The highest BCUT2D eigenvalue weighted by atomic mass is 35.5. The summed E-state index contributed by atoms with van der Waals surface area (Å²) in [5.41, 5.74) is -0.829. The predicted octanol–water partition coefficient (Wildman–Crippen LogP) is 2.17. The van der Waals surface area contributed by atoms with Gasteiger partial charge in [-0.25, -0.2) is 4.98 Å². The van der Waals surface area contributed by atoms with Crippen molar-refractivity contribution in [2.24, 2.45) is 0 Å². The van der Waals surface area contributed by atoms with Crippen LogP contribution in [0.4, 0.5) is 19.0 Å². The molecule has 116 valence electrons. The smallest absolute Gasteiger partial charge is 0.367 e. The number of hydrogen-bond donors (Lipinski definition) is 1. The Bertz CT molecular complexity index is 515. The first-order valence-corrected chi connectivity index (χ1v) is 7.24. The van der Waals surface area contributed by atoms with Gasteiger partial charge < -0.3 is 5.32 Å². The minimum Gasteiger partial charge on any atom is -0.367 e. The molecule has 21 heavy (non-hydrogen) atoms. The van der Waals surface area contributed by atoms with Crippen LogP contribution in [0.2, 0.25) is 5.02 Å². The molecule has 0 spiro atoms. The van der Waals surface area contributed by atoms with E-state index in [1.165, 1.54) is 0 Å². The van der Waals surface area contributed by atoms with Gasteiger partial charge in [0.15, 0.2) is 0 Å². The van der Waals surface area contributed by atoms with E-state index in [0.717, 1.165) is 45.0 Å². The van der Waals surface area contributed by atoms with Crippen molar-refractivity contribution in [1.82, 2.24) is 14.8 Å². The maximum Gasteiger partial charge on any atom is 0.417 e. The van der Waals surface area contributed by atoms with Gasteiger partial charge >= 0.3 is 6.18 Å². The van der Waals surface area contributed by atoms with E-state index in [1.807, 2.05) is 0 Å². The first kappa shape index (κ1) is 14.9. The number of aromatic nitrogens is 1. The number of nitrogens with zero attached hydrogens (tertiary/aromatic N) is 3. The fraction of sp³-hybridized carbons (Fsp3) is 0.615. The number of piperazine rings is 3. The zero-order valence-corrected chi connectivity index (χ0v) is 12.1. The number of rotatable bonds is 3. The minimum atomic E-state index is -4.42. The van der Waals surface area contributed by atoms with E-state index >= 15 is 0 Å². The van der Waals surface area contributed by atoms with E-state index in [4.69, 9.17) is 11.6 Å². The Balaban J connectivity index is 1.63. The van der Waals surface area contributed by atoms with Crippen molar-refractivity contribution in [1.29, 1.82) is 0 Å². The third kappa shape index (κ3) is 3.25. The van der Waals surface area contributed by atoms with Crippen LogP contribution in [0.25, 0.3) is 0 Å². The van der Waals surface area contributed by atoms with Crippen molar-refractivity contribution < 1.29 is 13.2 Å². The molecule has 1 unspecified atom stereocenters. The summed E-state index contributed by atoms with van der Waals surface area (Å²) in [7, 11) is 0. The SMILES string of the molecule is FC(F)(F)c1cnc(NCC2CN3CCN2CC3)c(Cl)c1. The number of alkyl halides is 3. The van der Waals surface area contributed by atoms with Crippen molar-refractivity contribution >= 4 is 17.4 Å². The monoisotopic (exact) mass is 320 g/mol. The number of fused-ring (bicyclic) bond motifs is 3. The van der Waals surface area contributed by atoms with E-state index in [9.17, 15) is 13.2 Å². The molecule has 4 rings (SSSR count). The molecule has 3 fully saturated rings. The lowest BCUT2D eigenvalue weighted by atomic mass is 10.1. The number of anilines is 1. The van der Waals surface area contributed by atoms with Gasteiger partial charge in [0.1, 0.15) is 5.82 Å². The Morgan fingerprint density at radius 2 is 2.00 bits per heavy atom. The summed E-state index contributed by atoms with van der Waals surface area (Å²) in [5, 5.41) is 3.07. The van der Waals surface area contributed by atoms with Crippen molar-refractivity contribution in [2.75, 3.05) is 44.6 Å². The second-order valence-electron chi connectivity index (χ2n) is 5.42. The molecule has 1 aromatic heterocycles. The van der Waals surface area contributed by atoms with Crippen molar-refractivity contribution in [2.45, 2.75) is 12.2 Å². The van der Waals surface area contributed by atoms with E-state index < -0.39 is 11.7 Å². The Kier molecular flexibility index (Phi) is 3.98. The molecule has 8 heteroatoms. The molecule has 0 amide bonds. The third-order valence-electron chi connectivity index (χ3n) is 4.07. The molecular weight excluding hydrogens is 305 g/mol. The van der Waals surface area contributed by atoms with Gasteiger partial charge in [0.2, 0.25) is 0 Å². The molecule has 1 N–H and O–H groups in total. The van der Waals surface area contributed by atoms with Gasteiger partial charge in [0, 0.05) is 51.5 Å². The fourth-order valence-corrected chi connectivity index (χ4v) is 3.09. The normalized spacial score (nSPS) is 28.7. The lowest BCUT2D eigenvalue weighted by Crippen LogP contribution is -2.62. The van der Waals surface area contributed by atoms with Crippen LogP contribution in [0.5, 0.6) is 0 Å². The lowest BCUT2D eigenvalue weighted by Gasteiger charge is -2.47. The standard InChI is InChI=1S/C13H16ClF3N4/c14-11-5-9(13(15,16)17)6-18-12(11)19-7-10-8-20-1-3-21(10)4-2-20/h5-6,10H,1-4,7-8H2,(H,18,19). The molecule has 1 atom stereocenters. The molecule has 0 saturated carbocycles. The van der Waals surface area contributed by atoms with Gasteiger partial charge in [-0.05, 0) is 6.07 Å². The summed E-state index contributed by atoms with van der Waals surface area (Å²) in [6.07, 6.45) is -3.61. The van der Waals surface area contributed by atoms with E-state index in [-0.39, 0.29) is 5.02 Å². The number of nitrogens with one attached hydrogen (secondary N) is 1. The quantitative estimate of drug-likeness (QED) is 0.925. The van der Waals surface area contributed by atoms with Crippen molar-refractivity contribution in [3.8, 4) is 0 Å². The Morgan fingerprint density at radius 3 is 2.52 bits per heavy atom. The van der Waals surface area contributed by atoms with E-state index in [1.54, 1.807) is 0 Å². The number of pyridine rings is 1. The highest BCUT2D eigenvalue weighted by Crippen LogP contribution is 2.32. The largest absolute Gasteiger partial charge is 0.417 e. The van der Waals surface area contributed by atoms with Crippen molar-refractivity contribution in [3.63, 3.8) is 0 Å². The van der Waals surface area contributed by atoms with Gasteiger partial charge in [0.25, 0.3) is 0 Å². The maximum atomic E-state index is 12.5. The number of hydrogen-bond acceptors (Lipinski definition) is 4. The maximum absolute atomic E-state index is 12.5. The first-order chi connectivity index (χ1) is 9.93. The fourth-order valence-electron chi connectivity index (χ4n) is 2.86. The zero-order chi connectivity index (χ0) is 15.0. The van der Waals surface area contributed by atoms with E-state index in [2.05, 4.69) is 20.1 Å². The summed E-state index contributed by atoms with van der Waals surface area (Å²) in [6, 6.07) is 1.26. The van der Waals surface area contributed by atoms with Gasteiger partial charge in [0.05, 0.1) is 10.6 Å². The zero-order valence-electron chi connectivity index (χ0n) is 11.3. The highest BCUT2D eigenvalue weighted by Gasteiger charge is 2.33. The molecule has 2 bridgehead atoms. The summed E-state index contributed by atoms with van der Waals surface area (Å²) < 4.78 is 37.6. The topological polar surface area (TPSA) is 31.4 Å². The molecule has 3 aliphatic heterocycles. The van der Waals surface area contributed by atoms with Crippen molar-refractivity contribution in [3.05, 3.63) is 22.8 Å². The number of halogens is 4. The molecule has 3 saturated heterocycles. The summed E-state index contributed by atoms with van der Waals surface area (Å²) in [6.45, 7) is 5.88. The average Bonchev–Trinajstić information content (AvgIpc) is 2.46. The minimum absolute atomic E-state index is 0.00102. The lowest BCUT2D eigenvalue weighted by molar-refractivity contribution is -0.137. The van der Waals surface area contributed by atoms with Crippen LogP contribution in [0.3, 0.4) is 0 Å². The van der Waals surface area contributed by atoms with Gasteiger partial charge in [-0.1, -0.05) is 11.6 Å². The van der Waals surface area contributed by atoms with Crippen LogP contribution in [0, 0.1) is 0 Å². The molecule has 0 aromatic carbocycles. The Morgan fingerprint density at radius 1 is 1.29 bits per heavy atom. The summed E-state index contributed by atoms with van der Waals surface area (Å²) in [4.78, 5) is 8.59. The molecule has 1 aromatic rings. The second kappa shape index (κ2) is 5.62. The molecule has 0 radical (unpaired) electrons. The van der Waals surface area contributed by atoms with E-state index in [0.29, 0.717) is 18.4 Å². The first-order valence-electron chi connectivity index (χ1n) is 6.86. The van der Waals surface area contributed by atoms with Crippen LogP contribution in [-0.2, 0) is 6.18 Å². The molecule has 4 nitrogen and oxygen atoms in total. The van der Waals surface area contributed by atoms with Gasteiger partial charge in [-0.3, -0.25) is 9.80 Å². The van der Waals surface area contributed by atoms with Crippen LogP contribution < -0.4 is 5.32 Å². The molecular formula is C13H16ClF3N4. The van der Waals surface area contributed by atoms with Gasteiger partial charge in [-0.2, -0.15) is 13.2 Å². The summed E-state index contributed by atoms with van der Waals surface area (Å²) >= 11 is 5.88. The van der Waals surface area contributed by atoms with Crippen LogP contribution in [0.15, 0.2) is 12.3 Å². The van der Waals surface area contributed by atoms with Crippen LogP contribution >= 0.6 is 11.6 Å². The Hall–Kier alpha value is -1.05. The van der Waals surface area contributed by atoms with Crippen LogP contribution in [-0.4, -0.2) is 60.1 Å². The third-order valence-corrected chi connectivity index (χ3v) is 4.35. The predicted molar refractivity (Wildman–Crippen MR) is 74.5 cm³/mol. The molecule has 0 aliphatic carbocycles. The van der Waals surface area contributed by atoms with Crippen LogP contribution in [0.1, 0.15) is 5.56 Å². The average molecular weight is 321 g/mol. The summed E-state index contributed by atoms with van der Waals surface area (Å²) in [5.74, 6) is 0.308.